The van der Waals surface area contributed by atoms with E-state index < -0.39 is 0 Å². The van der Waals surface area contributed by atoms with Crippen molar-refractivity contribution in [2.75, 3.05) is 19.0 Å². The third-order valence-electron chi connectivity index (χ3n) is 4.06. The van der Waals surface area contributed by atoms with Crippen LogP contribution in [0.2, 0.25) is 0 Å². The number of para-hydroxylation sites is 1. The first kappa shape index (κ1) is 17.2. The maximum absolute atomic E-state index is 12.4. The predicted octanol–water partition coefficient (Wildman–Crippen LogP) is 3.95. The molecule has 0 unspecified atom stereocenters. The van der Waals surface area contributed by atoms with Crippen LogP contribution in [0.3, 0.4) is 0 Å². The fraction of sp³-hybridized carbons (Fsp3) is 0.150. The largest absolute Gasteiger partial charge is 0.448 e. The van der Waals surface area contributed by atoms with Crippen molar-refractivity contribution >= 4 is 33.3 Å². The summed E-state index contributed by atoms with van der Waals surface area (Å²) in [4.78, 5) is 23.1. The lowest BCUT2D eigenvalue weighted by molar-refractivity contribution is 0.0924. The standard InChI is InChI=1S/C20H18N4O2S/c1-24(2)18-11-13(9-10-21-18)12-22-19(25)15-7-8-16(26-15)20-23-14-5-3-4-6-17(14)27-20/h3-11H,12H2,1-2H3,(H,22,25). The van der Waals surface area contributed by atoms with Gasteiger partial charge < -0.3 is 14.6 Å². The number of furan rings is 1. The zero-order chi connectivity index (χ0) is 18.8. The highest BCUT2D eigenvalue weighted by Crippen LogP contribution is 2.31. The minimum atomic E-state index is -0.259. The Hall–Kier alpha value is -3.19. The van der Waals surface area contributed by atoms with E-state index in [4.69, 9.17) is 4.42 Å². The molecule has 0 saturated carbocycles. The Balaban J connectivity index is 1.46. The first-order valence-electron chi connectivity index (χ1n) is 8.46. The van der Waals surface area contributed by atoms with E-state index in [-0.39, 0.29) is 11.7 Å². The molecule has 1 N–H and O–H groups in total. The van der Waals surface area contributed by atoms with Crippen molar-refractivity contribution < 1.29 is 9.21 Å². The van der Waals surface area contributed by atoms with Gasteiger partial charge in [-0.2, -0.15) is 0 Å². The molecule has 27 heavy (non-hydrogen) atoms. The third kappa shape index (κ3) is 3.68. The number of aromatic nitrogens is 2. The number of amides is 1. The van der Waals surface area contributed by atoms with Crippen LogP contribution in [0.4, 0.5) is 5.82 Å². The van der Waals surface area contributed by atoms with Crippen LogP contribution in [0.1, 0.15) is 16.1 Å². The molecular formula is C20H18N4O2S. The molecular weight excluding hydrogens is 360 g/mol. The van der Waals surface area contributed by atoms with Crippen molar-refractivity contribution in [1.82, 2.24) is 15.3 Å². The average Bonchev–Trinajstić information content (AvgIpc) is 3.33. The van der Waals surface area contributed by atoms with Crippen molar-refractivity contribution in [3.05, 3.63) is 66.1 Å². The van der Waals surface area contributed by atoms with E-state index in [9.17, 15) is 4.79 Å². The minimum absolute atomic E-state index is 0.259. The molecule has 4 rings (SSSR count). The first-order valence-corrected chi connectivity index (χ1v) is 9.28. The second-order valence-corrected chi connectivity index (χ2v) is 7.28. The number of anilines is 1. The molecule has 7 heteroatoms. The van der Waals surface area contributed by atoms with E-state index in [0.717, 1.165) is 26.6 Å². The Morgan fingerprint density at radius 2 is 2.04 bits per heavy atom. The topological polar surface area (TPSA) is 71.3 Å². The SMILES string of the molecule is CN(C)c1cc(CNC(=O)c2ccc(-c3nc4ccccc4s3)o2)ccn1. The zero-order valence-electron chi connectivity index (χ0n) is 15.0. The number of rotatable bonds is 5. The van der Waals surface area contributed by atoms with Crippen LogP contribution in [0, 0.1) is 0 Å². The smallest absolute Gasteiger partial charge is 0.287 e. The van der Waals surface area contributed by atoms with Crippen molar-refractivity contribution in [2.24, 2.45) is 0 Å². The molecule has 0 aliphatic heterocycles. The summed E-state index contributed by atoms with van der Waals surface area (Å²) < 4.78 is 6.81. The van der Waals surface area contributed by atoms with Gasteiger partial charge in [0.2, 0.25) is 0 Å². The van der Waals surface area contributed by atoms with Crippen LogP contribution < -0.4 is 10.2 Å². The maximum Gasteiger partial charge on any atom is 0.287 e. The quantitative estimate of drug-likeness (QED) is 0.569. The molecule has 0 fully saturated rings. The summed E-state index contributed by atoms with van der Waals surface area (Å²) >= 11 is 1.54. The van der Waals surface area contributed by atoms with Gasteiger partial charge in [0.1, 0.15) is 5.82 Å². The number of pyridine rings is 1. The maximum atomic E-state index is 12.4. The number of nitrogens with one attached hydrogen (secondary N) is 1. The number of hydrogen-bond acceptors (Lipinski definition) is 6. The summed E-state index contributed by atoms with van der Waals surface area (Å²) in [6.07, 6.45) is 1.73. The Bertz CT molecular complexity index is 1070. The van der Waals surface area contributed by atoms with Crippen LogP contribution >= 0.6 is 11.3 Å². The number of thiazole rings is 1. The van der Waals surface area contributed by atoms with Gasteiger partial charge in [-0.05, 0) is 42.0 Å². The Morgan fingerprint density at radius 1 is 1.19 bits per heavy atom. The molecule has 0 radical (unpaired) electrons. The number of hydrogen-bond donors (Lipinski definition) is 1. The molecule has 1 amide bonds. The Labute approximate surface area is 160 Å². The van der Waals surface area contributed by atoms with Crippen LogP contribution in [-0.4, -0.2) is 30.0 Å². The number of nitrogens with zero attached hydrogens (tertiary/aromatic N) is 3. The Morgan fingerprint density at radius 3 is 2.85 bits per heavy atom. The highest BCUT2D eigenvalue weighted by molar-refractivity contribution is 7.21. The molecule has 0 aliphatic rings. The van der Waals surface area contributed by atoms with Crippen LogP contribution in [0.25, 0.3) is 21.0 Å². The van der Waals surface area contributed by atoms with Gasteiger partial charge in [0.05, 0.1) is 10.2 Å². The van der Waals surface area contributed by atoms with E-state index in [2.05, 4.69) is 15.3 Å². The second-order valence-electron chi connectivity index (χ2n) is 6.25. The zero-order valence-corrected chi connectivity index (χ0v) is 15.8. The minimum Gasteiger partial charge on any atom is -0.448 e. The highest BCUT2D eigenvalue weighted by Gasteiger charge is 2.15. The number of carbonyl (C=O) groups excluding carboxylic acids is 1. The summed E-state index contributed by atoms with van der Waals surface area (Å²) in [5, 5.41) is 3.64. The number of benzene rings is 1. The lowest BCUT2D eigenvalue weighted by Gasteiger charge is -2.12. The van der Waals surface area contributed by atoms with Crippen LogP contribution in [0.5, 0.6) is 0 Å². The molecule has 0 bridgehead atoms. The van der Waals surface area contributed by atoms with E-state index in [1.165, 1.54) is 0 Å². The molecule has 0 aliphatic carbocycles. The lowest BCUT2D eigenvalue weighted by Crippen LogP contribution is -2.22. The monoisotopic (exact) mass is 378 g/mol. The number of fused-ring (bicyclic) bond motifs is 1. The summed E-state index contributed by atoms with van der Waals surface area (Å²) in [7, 11) is 3.86. The van der Waals surface area contributed by atoms with Gasteiger partial charge in [0, 0.05) is 26.8 Å². The van der Waals surface area contributed by atoms with Gasteiger partial charge in [0.15, 0.2) is 16.5 Å². The molecule has 4 aromatic rings. The van der Waals surface area contributed by atoms with Gasteiger partial charge >= 0.3 is 0 Å². The fourth-order valence-electron chi connectivity index (χ4n) is 2.64. The van der Waals surface area contributed by atoms with Gasteiger partial charge in [0.25, 0.3) is 5.91 Å². The predicted molar refractivity (Wildman–Crippen MR) is 107 cm³/mol. The molecule has 0 spiro atoms. The molecule has 136 valence electrons. The Kier molecular flexibility index (Phi) is 4.60. The molecule has 3 aromatic heterocycles. The number of carbonyl (C=O) groups is 1. The lowest BCUT2D eigenvalue weighted by atomic mass is 10.2. The van der Waals surface area contributed by atoms with Crippen molar-refractivity contribution in [3.63, 3.8) is 0 Å². The normalized spacial score (nSPS) is 10.9. The highest BCUT2D eigenvalue weighted by atomic mass is 32.1. The van der Waals surface area contributed by atoms with E-state index in [1.54, 1.807) is 29.7 Å². The third-order valence-corrected chi connectivity index (χ3v) is 5.11. The fourth-order valence-corrected chi connectivity index (χ4v) is 3.56. The molecule has 0 atom stereocenters. The van der Waals surface area contributed by atoms with Gasteiger partial charge in [-0.1, -0.05) is 12.1 Å². The summed E-state index contributed by atoms with van der Waals surface area (Å²) in [5.74, 6) is 1.45. The molecule has 3 heterocycles. The van der Waals surface area contributed by atoms with E-state index in [0.29, 0.717) is 12.3 Å². The second kappa shape index (κ2) is 7.20. The van der Waals surface area contributed by atoms with E-state index >= 15 is 0 Å². The van der Waals surface area contributed by atoms with Crippen LogP contribution in [0.15, 0.2) is 59.1 Å². The first-order chi connectivity index (χ1) is 13.1. The van der Waals surface area contributed by atoms with E-state index in [1.807, 2.05) is 55.4 Å². The van der Waals surface area contributed by atoms with Gasteiger partial charge in [-0.3, -0.25) is 4.79 Å². The summed E-state index contributed by atoms with van der Waals surface area (Å²) in [6.45, 7) is 0.402. The summed E-state index contributed by atoms with van der Waals surface area (Å²) in [5.41, 5.74) is 1.90. The average molecular weight is 378 g/mol. The molecule has 0 saturated heterocycles. The van der Waals surface area contributed by atoms with Crippen molar-refractivity contribution in [1.29, 1.82) is 0 Å². The molecule has 1 aromatic carbocycles. The van der Waals surface area contributed by atoms with Gasteiger partial charge in [-0.25, -0.2) is 9.97 Å². The van der Waals surface area contributed by atoms with Gasteiger partial charge in [-0.15, -0.1) is 11.3 Å². The van der Waals surface area contributed by atoms with Crippen LogP contribution in [-0.2, 0) is 6.54 Å². The van der Waals surface area contributed by atoms with Crippen molar-refractivity contribution in [2.45, 2.75) is 6.54 Å². The summed E-state index contributed by atoms with van der Waals surface area (Å²) in [6, 6.07) is 15.2. The van der Waals surface area contributed by atoms with Crippen molar-refractivity contribution in [3.8, 4) is 10.8 Å². The molecule has 6 nitrogen and oxygen atoms in total.